The summed E-state index contributed by atoms with van der Waals surface area (Å²) < 4.78 is 18.6. The molecular weight excluding hydrogens is 373 g/mol. The molecule has 2 saturated heterocycles. The van der Waals surface area contributed by atoms with E-state index in [4.69, 9.17) is 4.74 Å². The van der Waals surface area contributed by atoms with Crippen LogP contribution in [0.3, 0.4) is 0 Å². The van der Waals surface area contributed by atoms with E-state index < -0.39 is 5.82 Å². The van der Waals surface area contributed by atoms with Gasteiger partial charge >= 0.3 is 0 Å². The second-order valence-corrected chi connectivity index (χ2v) is 7.96. The second-order valence-electron chi connectivity index (χ2n) is 7.96. The number of piperidine rings is 1. The van der Waals surface area contributed by atoms with E-state index in [1.54, 1.807) is 12.0 Å². The van der Waals surface area contributed by atoms with Crippen molar-refractivity contribution in [1.29, 1.82) is 0 Å². The summed E-state index contributed by atoms with van der Waals surface area (Å²) in [4.78, 5) is 32.7. The van der Waals surface area contributed by atoms with Gasteiger partial charge in [0.1, 0.15) is 11.6 Å². The summed E-state index contributed by atoms with van der Waals surface area (Å²) in [5.41, 5.74) is 1.22. The number of carbonyl (C=O) groups excluding carboxylic acids is 2. The van der Waals surface area contributed by atoms with E-state index >= 15 is 0 Å². The van der Waals surface area contributed by atoms with Crippen LogP contribution in [0.4, 0.5) is 4.39 Å². The summed E-state index contributed by atoms with van der Waals surface area (Å²) in [6, 6.07) is 8.98. The molecule has 1 aromatic heterocycles. The molecule has 2 aliphatic heterocycles. The summed E-state index contributed by atoms with van der Waals surface area (Å²) in [5, 5.41) is 0. The topological polar surface area (TPSA) is 62.7 Å². The number of likely N-dealkylation sites (tertiary alicyclic amines) is 2. The number of ether oxygens (including phenoxy) is 1. The Hall–Kier alpha value is -2.96. The Morgan fingerprint density at radius 1 is 1.24 bits per heavy atom. The number of hydrogen-bond donors (Lipinski definition) is 0. The zero-order valence-corrected chi connectivity index (χ0v) is 16.4. The van der Waals surface area contributed by atoms with Gasteiger partial charge in [0.05, 0.1) is 18.9 Å². The van der Waals surface area contributed by atoms with Gasteiger partial charge in [-0.1, -0.05) is 12.1 Å². The van der Waals surface area contributed by atoms with E-state index in [1.807, 2.05) is 29.2 Å². The van der Waals surface area contributed by atoms with Crippen LogP contribution in [0.2, 0.25) is 0 Å². The Morgan fingerprint density at radius 2 is 2.03 bits per heavy atom. The average Bonchev–Trinajstić information content (AvgIpc) is 3.02. The van der Waals surface area contributed by atoms with Crippen LogP contribution in [0, 0.1) is 11.2 Å². The molecule has 0 radical (unpaired) electrons. The number of amides is 2. The molecule has 1 spiro atoms. The number of pyridine rings is 1. The summed E-state index contributed by atoms with van der Waals surface area (Å²) in [5.74, 6) is 0.216. The van der Waals surface area contributed by atoms with Crippen LogP contribution in [0.5, 0.6) is 5.75 Å². The maximum atomic E-state index is 13.4. The Balaban J connectivity index is 1.38. The molecule has 4 rings (SSSR count). The van der Waals surface area contributed by atoms with Crippen LogP contribution in [0.15, 0.2) is 42.7 Å². The highest BCUT2D eigenvalue weighted by atomic mass is 19.1. The third kappa shape index (κ3) is 4.09. The van der Waals surface area contributed by atoms with Crippen molar-refractivity contribution < 1.29 is 18.7 Å². The van der Waals surface area contributed by atoms with Crippen LogP contribution in [-0.2, 0) is 11.3 Å². The molecule has 2 fully saturated rings. The van der Waals surface area contributed by atoms with Crippen molar-refractivity contribution in [1.82, 2.24) is 14.8 Å². The van der Waals surface area contributed by atoms with Crippen LogP contribution in [0.25, 0.3) is 0 Å². The van der Waals surface area contributed by atoms with Crippen molar-refractivity contribution in [2.75, 3.05) is 26.7 Å². The molecule has 0 atom stereocenters. The van der Waals surface area contributed by atoms with Crippen molar-refractivity contribution in [2.24, 2.45) is 5.41 Å². The van der Waals surface area contributed by atoms with Gasteiger partial charge in [-0.2, -0.15) is 0 Å². The maximum Gasteiger partial charge on any atom is 0.255 e. The van der Waals surface area contributed by atoms with E-state index in [9.17, 15) is 14.0 Å². The van der Waals surface area contributed by atoms with Crippen molar-refractivity contribution in [3.63, 3.8) is 0 Å². The number of rotatable bonds is 4. The molecule has 6 nitrogen and oxygen atoms in total. The molecule has 29 heavy (non-hydrogen) atoms. The van der Waals surface area contributed by atoms with Gasteiger partial charge < -0.3 is 14.5 Å². The molecule has 0 unspecified atom stereocenters. The van der Waals surface area contributed by atoms with Gasteiger partial charge in [0.2, 0.25) is 5.91 Å². The SMILES string of the molecule is COc1cccc(CN2CC3(CCN(C(=O)c4cncc(F)c4)CC3)CC2=O)c1. The average molecular weight is 397 g/mol. The van der Waals surface area contributed by atoms with Crippen LogP contribution >= 0.6 is 0 Å². The monoisotopic (exact) mass is 397 g/mol. The first kappa shape index (κ1) is 19.4. The Kier molecular flexibility index (Phi) is 5.22. The molecule has 0 aliphatic carbocycles. The minimum absolute atomic E-state index is 0.0904. The lowest BCUT2D eigenvalue weighted by molar-refractivity contribution is -0.128. The Bertz CT molecular complexity index is 925. The standard InChI is InChI=1S/C22H24FN3O3/c1-29-19-4-2-3-16(9-19)14-26-15-22(11-20(26)27)5-7-25(8-6-22)21(28)17-10-18(23)13-24-12-17/h2-4,9-10,12-13H,5-8,11,14-15H2,1H3. The van der Waals surface area contributed by atoms with Gasteiger partial charge in [-0.15, -0.1) is 0 Å². The lowest BCUT2D eigenvalue weighted by atomic mass is 9.77. The van der Waals surface area contributed by atoms with E-state index in [2.05, 4.69) is 4.98 Å². The quantitative estimate of drug-likeness (QED) is 0.796. The highest BCUT2D eigenvalue weighted by molar-refractivity contribution is 5.94. The van der Waals surface area contributed by atoms with E-state index in [0.29, 0.717) is 32.6 Å². The molecule has 2 amide bonds. The van der Waals surface area contributed by atoms with Crippen molar-refractivity contribution >= 4 is 11.8 Å². The molecule has 7 heteroatoms. The number of nitrogens with zero attached hydrogens (tertiary/aromatic N) is 3. The van der Waals surface area contributed by atoms with E-state index in [1.165, 1.54) is 12.3 Å². The predicted octanol–water partition coefficient (Wildman–Crippen LogP) is 2.88. The summed E-state index contributed by atoms with van der Waals surface area (Å²) >= 11 is 0. The fourth-order valence-corrected chi connectivity index (χ4v) is 4.35. The molecule has 152 valence electrons. The zero-order chi connectivity index (χ0) is 20.4. The summed E-state index contributed by atoms with van der Waals surface area (Å²) in [6.45, 7) is 2.40. The largest absolute Gasteiger partial charge is 0.497 e. The van der Waals surface area contributed by atoms with Crippen molar-refractivity contribution in [3.05, 3.63) is 59.7 Å². The maximum absolute atomic E-state index is 13.4. The van der Waals surface area contributed by atoms with Gasteiger partial charge in [0.25, 0.3) is 5.91 Å². The first-order valence-corrected chi connectivity index (χ1v) is 9.79. The minimum Gasteiger partial charge on any atom is -0.497 e. The third-order valence-corrected chi connectivity index (χ3v) is 5.98. The smallest absolute Gasteiger partial charge is 0.255 e. The molecule has 2 aliphatic rings. The van der Waals surface area contributed by atoms with Crippen LogP contribution in [0.1, 0.15) is 35.2 Å². The number of halogens is 1. The van der Waals surface area contributed by atoms with Gasteiger partial charge in [-0.05, 0) is 36.6 Å². The fraction of sp³-hybridized carbons (Fsp3) is 0.409. The van der Waals surface area contributed by atoms with Crippen LogP contribution in [-0.4, -0.2) is 53.3 Å². The molecule has 0 bridgehead atoms. The number of carbonyl (C=O) groups is 2. The van der Waals surface area contributed by atoms with Gasteiger partial charge in [-0.25, -0.2) is 4.39 Å². The first-order chi connectivity index (χ1) is 14.0. The second kappa shape index (κ2) is 7.81. The van der Waals surface area contributed by atoms with Gasteiger partial charge in [0.15, 0.2) is 0 Å². The third-order valence-electron chi connectivity index (χ3n) is 5.98. The summed E-state index contributed by atoms with van der Waals surface area (Å²) in [6.07, 6.45) is 4.53. The first-order valence-electron chi connectivity index (χ1n) is 9.79. The predicted molar refractivity (Wildman–Crippen MR) is 105 cm³/mol. The Morgan fingerprint density at radius 3 is 2.76 bits per heavy atom. The number of hydrogen-bond acceptors (Lipinski definition) is 4. The van der Waals surface area contributed by atoms with Crippen LogP contribution < -0.4 is 4.74 Å². The molecule has 2 aromatic rings. The lowest BCUT2D eigenvalue weighted by Gasteiger charge is -2.38. The van der Waals surface area contributed by atoms with E-state index in [-0.39, 0.29) is 22.8 Å². The minimum atomic E-state index is -0.515. The molecular formula is C22H24FN3O3. The molecule has 1 aromatic carbocycles. The molecule has 3 heterocycles. The zero-order valence-electron chi connectivity index (χ0n) is 16.4. The van der Waals surface area contributed by atoms with Crippen molar-refractivity contribution in [3.8, 4) is 5.75 Å². The normalized spacial score (nSPS) is 18.3. The van der Waals surface area contributed by atoms with Gasteiger partial charge in [-0.3, -0.25) is 14.6 Å². The fourth-order valence-electron chi connectivity index (χ4n) is 4.35. The van der Waals surface area contributed by atoms with Gasteiger partial charge in [0, 0.05) is 44.2 Å². The lowest BCUT2D eigenvalue weighted by Crippen LogP contribution is -2.44. The number of benzene rings is 1. The molecule has 0 saturated carbocycles. The highest BCUT2D eigenvalue weighted by Gasteiger charge is 2.45. The highest BCUT2D eigenvalue weighted by Crippen LogP contribution is 2.41. The Labute approximate surface area is 169 Å². The number of methoxy groups -OCH3 is 1. The van der Waals surface area contributed by atoms with Crippen molar-refractivity contribution in [2.45, 2.75) is 25.8 Å². The van der Waals surface area contributed by atoms with E-state index in [0.717, 1.165) is 30.4 Å². The number of aromatic nitrogens is 1. The molecule has 0 N–H and O–H groups in total. The summed E-state index contributed by atoms with van der Waals surface area (Å²) in [7, 11) is 1.63.